The fourth-order valence-corrected chi connectivity index (χ4v) is 2.04. The van der Waals surface area contributed by atoms with Crippen LogP contribution in [0.3, 0.4) is 0 Å². The van der Waals surface area contributed by atoms with Gasteiger partial charge in [-0.2, -0.15) is 0 Å². The second-order valence-corrected chi connectivity index (χ2v) is 5.62. The third-order valence-electron chi connectivity index (χ3n) is 3.25. The van der Waals surface area contributed by atoms with Crippen molar-refractivity contribution >= 4 is 11.9 Å². The molecule has 0 saturated carbocycles. The van der Waals surface area contributed by atoms with Crippen LogP contribution in [0.5, 0.6) is 0 Å². The first-order valence-electron chi connectivity index (χ1n) is 7.51. The van der Waals surface area contributed by atoms with Gasteiger partial charge in [0.15, 0.2) is 0 Å². The average Bonchev–Trinajstić information content (AvgIpc) is 2.45. The van der Waals surface area contributed by atoms with E-state index in [9.17, 15) is 9.59 Å². The van der Waals surface area contributed by atoms with Crippen LogP contribution in [-0.4, -0.2) is 23.7 Å². The van der Waals surface area contributed by atoms with E-state index in [4.69, 9.17) is 9.84 Å². The molecule has 0 aliphatic carbocycles. The van der Waals surface area contributed by atoms with Crippen molar-refractivity contribution in [3.63, 3.8) is 0 Å². The third kappa shape index (κ3) is 6.93. The first kappa shape index (κ1) is 17.2. The number of carbonyl (C=O) groups is 2. The minimum absolute atomic E-state index is 0.0955. The minimum Gasteiger partial charge on any atom is -0.478 e. The fraction of sp³-hybridized carbons (Fsp3) is 0.529. The van der Waals surface area contributed by atoms with Crippen LogP contribution in [0.15, 0.2) is 24.3 Å². The summed E-state index contributed by atoms with van der Waals surface area (Å²) in [5.41, 5.74) is 0.382. The van der Waals surface area contributed by atoms with E-state index in [2.05, 4.69) is 13.8 Å². The first-order chi connectivity index (χ1) is 10.0. The zero-order valence-electron chi connectivity index (χ0n) is 12.8. The smallest absolute Gasteiger partial charge is 0.338 e. The van der Waals surface area contributed by atoms with Gasteiger partial charge in [0.25, 0.3) is 0 Å². The molecule has 4 nitrogen and oxygen atoms in total. The molecule has 0 unspecified atom stereocenters. The van der Waals surface area contributed by atoms with Crippen molar-refractivity contribution in [1.29, 1.82) is 0 Å². The molecule has 0 spiro atoms. The minimum atomic E-state index is -1.05. The van der Waals surface area contributed by atoms with Crippen molar-refractivity contribution in [3.8, 4) is 0 Å². The summed E-state index contributed by atoms with van der Waals surface area (Å²) in [7, 11) is 0. The number of carboxylic acid groups (broad SMARTS) is 1. The predicted octanol–water partition coefficient (Wildman–Crippen LogP) is 4.15. The normalized spacial score (nSPS) is 10.6. The van der Waals surface area contributed by atoms with Crippen LogP contribution in [0.2, 0.25) is 0 Å². The molecule has 0 aliphatic heterocycles. The van der Waals surface area contributed by atoms with Gasteiger partial charge in [0.1, 0.15) is 0 Å². The van der Waals surface area contributed by atoms with Crippen molar-refractivity contribution in [2.75, 3.05) is 6.61 Å². The van der Waals surface area contributed by atoms with E-state index in [-0.39, 0.29) is 11.1 Å². The van der Waals surface area contributed by atoms with Gasteiger partial charge in [-0.15, -0.1) is 0 Å². The Hall–Kier alpha value is -1.84. The van der Waals surface area contributed by atoms with Crippen molar-refractivity contribution in [1.82, 2.24) is 0 Å². The lowest BCUT2D eigenvalue weighted by molar-refractivity contribution is 0.0497. The maximum absolute atomic E-state index is 11.8. The molecule has 0 fully saturated rings. The quantitative estimate of drug-likeness (QED) is 0.548. The zero-order chi connectivity index (χ0) is 15.7. The van der Waals surface area contributed by atoms with Gasteiger partial charge in [-0.05, 0) is 30.5 Å². The number of esters is 1. The van der Waals surface area contributed by atoms with Crippen molar-refractivity contribution in [3.05, 3.63) is 35.4 Å². The number of ether oxygens (including phenoxy) is 1. The summed E-state index contributed by atoms with van der Waals surface area (Å²) in [4.78, 5) is 22.6. The van der Waals surface area contributed by atoms with E-state index in [1.165, 1.54) is 25.0 Å². The highest BCUT2D eigenvalue weighted by atomic mass is 16.5. The Balaban J connectivity index is 2.25. The maximum Gasteiger partial charge on any atom is 0.338 e. The largest absolute Gasteiger partial charge is 0.478 e. The van der Waals surface area contributed by atoms with Gasteiger partial charge >= 0.3 is 11.9 Å². The average molecular weight is 292 g/mol. The predicted molar refractivity (Wildman–Crippen MR) is 81.6 cm³/mol. The summed E-state index contributed by atoms with van der Waals surface area (Å²) in [5.74, 6) is -0.764. The van der Waals surface area contributed by atoms with Gasteiger partial charge in [-0.3, -0.25) is 0 Å². The van der Waals surface area contributed by atoms with E-state index in [1.54, 1.807) is 12.1 Å². The molecule has 1 aromatic carbocycles. The number of hydrogen-bond donors (Lipinski definition) is 1. The van der Waals surface area contributed by atoms with E-state index < -0.39 is 11.9 Å². The summed E-state index contributed by atoms with van der Waals surface area (Å²) in [6.07, 6.45) is 5.51. The fourth-order valence-electron chi connectivity index (χ4n) is 2.04. The van der Waals surface area contributed by atoms with Crippen LogP contribution in [0.4, 0.5) is 0 Å². The molecule has 1 N–H and O–H groups in total. The maximum atomic E-state index is 11.8. The Kier molecular flexibility index (Phi) is 7.51. The van der Waals surface area contributed by atoms with Gasteiger partial charge < -0.3 is 9.84 Å². The molecule has 4 heteroatoms. The Morgan fingerprint density at radius 1 is 1.10 bits per heavy atom. The molecule has 1 aromatic rings. The van der Waals surface area contributed by atoms with Crippen LogP contribution in [0.1, 0.15) is 66.7 Å². The summed E-state index contributed by atoms with van der Waals surface area (Å²) in [6.45, 7) is 4.82. The second kappa shape index (κ2) is 9.16. The highest BCUT2D eigenvalue weighted by molar-refractivity contribution is 5.94. The van der Waals surface area contributed by atoms with E-state index in [0.717, 1.165) is 25.2 Å². The van der Waals surface area contributed by atoms with E-state index >= 15 is 0 Å². The molecule has 0 radical (unpaired) electrons. The molecular weight excluding hydrogens is 268 g/mol. The summed E-state index contributed by atoms with van der Waals surface area (Å²) >= 11 is 0. The van der Waals surface area contributed by atoms with Crippen LogP contribution in [-0.2, 0) is 4.74 Å². The topological polar surface area (TPSA) is 63.6 Å². The lowest BCUT2D eigenvalue weighted by atomic mass is 10.0. The monoisotopic (exact) mass is 292 g/mol. The highest BCUT2D eigenvalue weighted by Gasteiger charge is 2.10. The molecule has 0 heterocycles. The van der Waals surface area contributed by atoms with Gasteiger partial charge in [0, 0.05) is 0 Å². The molecule has 116 valence electrons. The molecule has 0 atom stereocenters. The van der Waals surface area contributed by atoms with Crippen LogP contribution in [0, 0.1) is 5.92 Å². The van der Waals surface area contributed by atoms with Gasteiger partial charge in [-0.25, -0.2) is 9.59 Å². The molecule has 0 aromatic heterocycles. The molecule has 0 aliphatic rings. The number of benzene rings is 1. The number of unbranched alkanes of at least 4 members (excludes halogenated alkanes) is 3. The Morgan fingerprint density at radius 3 is 2.43 bits per heavy atom. The van der Waals surface area contributed by atoms with Crippen LogP contribution >= 0.6 is 0 Å². The number of carboxylic acids is 1. The SMILES string of the molecule is CC(C)CCCCCCOC(=O)c1cccc(C(=O)O)c1. The van der Waals surface area contributed by atoms with Crippen molar-refractivity contribution in [2.45, 2.75) is 46.0 Å². The molecular formula is C17H24O4. The van der Waals surface area contributed by atoms with E-state index in [1.807, 2.05) is 0 Å². The highest BCUT2D eigenvalue weighted by Crippen LogP contribution is 2.10. The summed E-state index contributed by atoms with van der Waals surface area (Å²) < 4.78 is 5.16. The number of aromatic carboxylic acids is 1. The zero-order valence-corrected chi connectivity index (χ0v) is 12.8. The van der Waals surface area contributed by atoms with Gasteiger partial charge in [-0.1, -0.05) is 45.6 Å². The Morgan fingerprint density at radius 2 is 1.76 bits per heavy atom. The van der Waals surface area contributed by atoms with Crippen molar-refractivity contribution < 1.29 is 19.4 Å². The summed E-state index contributed by atoms with van der Waals surface area (Å²) in [6, 6.07) is 5.91. The third-order valence-corrected chi connectivity index (χ3v) is 3.25. The Bertz CT molecular complexity index is 466. The molecule has 0 bridgehead atoms. The number of rotatable bonds is 9. The Labute approximate surface area is 126 Å². The second-order valence-electron chi connectivity index (χ2n) is 5.62. The van der Waals surface area contributed by atoms with Crippen LogP contribution < -0.4 is 0 Å². The summed E-state index contributed by atoms with van der Waals surface area (Å²) in [5, 5.41) is 8.87. The molecule has 21 heavy (non-hydrogen) atoms. The van der Waals surface area contributed by atoms with Crippen molar-refractivity contribution in [2.24, 2.45) is 5.92 Å². The van der Waals surface area contributed by atoms with Gasteiger partial charge in [0.2, 0.25) is 0 Å². The van der Waals surface area contributed by atoms with Gasteiger partial charge in [0.05, 0.1) is 17.7 Å². The van der Waals surface area contributed by atoms with E-state index in [0.29, 0.717) is 6.61 Å². The van der Waals surface area contributed by atoms with Crippen LogP contribution in [0.25, 0.3) is 0 Å². The lowest BCUT2D eigenvalue weighted by Gasteiger charge is -2.06. The number of carbonyl (C=O) groups excluding carboxylic acids is 1. The lowest BCUT2D eigenvalue weighted by Crippen LogP contribution is -2.08. The molecule has 1 rings (SSSR count). The standard InChI is InChI=1S/C17H24O4/c1-13(2)8-5-3-4-6-11-21-17(20)15-10-7-9-14(12-15)16(18)19/h7,9-10,12-13H,3-6,8,11H2,1-2H3,(H,18,19). The molecule has 0 amide bonds. The first-order valence-corrected chi connectivity index (χ1v) is 7.51. The molecule has 0 saturated heterocycles. The number of hydrogen-bond acceptors (Lipinski definition) is 3.